The summed E-state index contributed by atoms with van der Waals surface area (Å²) in [6, 6.07) is 5.49. The summed E-state index contributed by atoms with van der Waals surface area (Å²) in [7, 11) is 0. The van der Waals surface area contributed by atoms with Gasteiger partial charge in [0.1, 0.15) is 0 Å². The fourth-order valence-electron chi connectivity index (χ4n) is 2.45. The minimum atomic E-state index is 0.0978. The Morgan fingerprint density at radius 3 is 2.63 bits per heavy atom. The van der Waals surface area contributed by atoms with Crippen molar-refractivity contribution >= 4 is 11.4 Å². The van der Waals surface area contributed by atoms with E-state index < -0.39 is 0 Å². The Labute approximate surface area is 110 Å². The Balaban J connectivity index is 2.04. The van der Waals surface area contributed by atoms with Crippen molar-refractivity contribution in [3.05, 3.63) is 18.2 Å². The molecule has 7 heteroatoms. The quantitative estimate of drug-likeness (QED) is 0.776. The second-order valence-corrected chi connectivity index (χ2v) is 4.77. The van der Waals surface area contributed by atoms with Crippen molar-refractivity contribution in [1.82, 2.24) is 20.2 Å². The van der Waals surface area contributed by atoms with Crippen molar-refractivity contribution in [2.45, 2.75) is 25.5 Å². The predicted molar refractivity (Wildman–Crippen MR) is 71.1 cm³/mol. The molecule has 0 radical (unpaired) electrons. The van der Waals surface area contributed by atoms with Gasteiger partial charge in [0.25, 0.3) is 0 Å². The number of nitrogen functional groups attached to an aromatic ring is 2. The van der Waals surface area contributed by atoms with E-state index in [1.165, 1.54) is 0 Å². The van der Waals surface area contributed by atoms with E-state index in [4.69, 9.17) is 16.2 Å². The molecule has 2 heterocycles. The molecule has 7 nitrogen and oxygen atoms in total. The lowest BCUT2D eigenvalue weighted by molar-refractivity contribution is 0.105. The van der Waals surface area contributed by atoms with E-state index in [2.05, 4.69) is 15.5 Å². The summed E-state index contributed by atoms with van der Waals surface area (Å²) in [4.78, 5) is 0. The average Bonchev–Trinajstić information content (AvgIpc) is 2.95. The van der Waals surface area contributed by atoms with Crippen LogP contribution in [0.5, 0.6) is 0 Å². The van der Waals surface area contributed by atoms with Crippen LogP contribution in [0.15, 0.2) is 18.2 Å². The number of hydrogen-bond acceptors (Lipinski definition) is 6. The van der Waals surface area contributed by atoms with Crippen LogP contribution in [-0.2, 0) is 4.74 Å². The van der Waals surface area contributed by atoms with E-state index in [1.807, 2.05) is 19.1 Å². The molecule has 1 aromatic carbocycles. The molecule has 1 saturated heterocycles. The van der Waals surface area contributed by atoms with Crippen molar-refractivity contribution in [3.63, 3.8) is 0 Å². The normalized spacial score (nSPS) is 22.8. The maximum Gasteiger partial charge on any atom is 0.182 e. The maximum absolute atomic E-state index is 5.81. The lowest BCUT2D eigenvalue weighted by Gasteiger charge is -2.15. The molecular formula is C12H16N6O. The number of ether oxygens (including phenoxy) is 1. The predicted octanol–water partition coefficient (Wildman–Crippen LogP) is 0.854. The lowest BCUT2D eigenvalue weighted by Crippen LogP contribution is -2.19. The summed E-state index contributed by atoms with van der Waals surface area (Å²) >= 11 is 0. The zero-order valence-corrected chi connectivity index (χ0v) is 10.7. The monoisotopic (exact) mass is 260 g/mol. The van der Waals surface area contributed by atoms with E-state index in [-0.39, 0.29) is 12.1 Å². The molecule has 2 aromatic rings. The third-order valence-corrected chi connectivity index (χ3v) is 3.38. The summed E-state index contributed by atoms with van der Waals surface area (Å²) < 4.78 is 7.36. The largest absolute Gasteiger partial charge is 0.399 e. The molecule has 2 unspecified atom stereocenters. The fraction of sp³-hybridized carbons (Fsp3) is 0.417. The van der Waals surface area contributed by atoms with E-state index >= 15 is 0 Å². The summed E-state index contributed by atoms with van der Waals surface area (Å²) in [5.41, 5.74) is 13.6. The molecule has 4 N–H and O–H groups in total. The topological polar surface area (TPSA) is 105 Å². The molecule has 1 aliphatic rings. The van der Waals surface area contributed by atoms with E-state index in [1.54, 1.807) is 10.7 Å². The molecule has 0 aliphatic carbocycles. The molecule has 0 amide bonds. The first-order chi connectivity index (χ1) is 9.15. The van der Waals surface area contributed by atoms with E-state index in [9.17, 15) is 0 Å². The van der Waals surface area contributed by atoms with Crippen LogP contribution in [0.2, 0.25) is 0 Å². The van der Waals surface area contributed by atoms with Crippen molar-refractivity contribution in [3.8, 4) is 11.4 Å². The van der Waals surface area contributed by atoms with Gasteiger partial charge < -0.3 is 16.2 Å². The zero-order chi connectivity index (χ0) is 13.4. The molecule has 0 saturated carbocycles. The van der Waals surface area contributed by atoms with Gasteiger partial charge in [0.05, 0.1) is 12.1 Å². The molecule has 1 fully saturated rings. The number of tetrazole rings is 1. The Kier molecular flexibility index (Phi) is 2.83. The van der Waals surface area contributed by atoms with Crippen LogP contribution < -0.4 is 11.5 Å². The molecule has 0 bridgehead atoms. The molecule has 100 valence electrons. The zero-order valence-electron chi connectivity index (χ0n) is 10.7. The van der Waals surface area contributed by atoms with Crippen molar-refractivity contribution in [1.29, 1.82) is 0 Å². The minimum Gasteiger partial charge on any atom is -0.399 e. The summed E-state index contributed by atoms with van der Waals surface area (Å²) in [6.07, 6.45) is 0.998. The second-order valence-electron chi connectivity index (χ2n) is 4.77. The summed E-state index contributed by atoms with van der Waals surface area (Å²) in [5, 5.41) is 11.9. The number of benzene rings is 1. The van der Waals surface area contributed by atoms with Gasteiger partial charge in [0, 0.05) is 23.5 Å². The van der Waals surface area contributed by atoms with Crippen LogP contribution in [0.4, 0.5) is 11.4 Å². The van der Waals surface area contributed by atoms with Crippen LogP contribution in [0.25, 0.3) is 11.4 Å². The highest BCUT2D eigenvalue weighted by molar-refractivity contribution is 5.67. The van der Waals surface area contributed by atoms with E-state index in [0.29, 0.717) is 17.2 Å². The van der Waals surface area contributed by atoms with Crippen LogP contribution in [0.1, 0.15) is 19.4 Å². The molecule has 2 atom stereocenters. The second kappa shape index (κ2) is 4.51. The van der Waals surface area contributed by atoms with Gasteiger partial charge in [0.2, 0.25) is 0 Å². The number of nitrogens with zero attached hydrogens (tertiary/aromatic N) is 4. The Morgan fingerprint density at radius 2 is 2.00 bits per heavy atom. The third kappa shape index (κ3) is 2.12. The number of anilines is 2. The summed E-state index contributed by atoms with van der Waals surface area (Å²) in [6.45, 7) is 2.75. The van der Waals surface area contributed by atoms with Gasteiger partial charge in [0.15, 0.2) is 5.82 Å². The standard InChI is InChI=1S/C12H16N6O/c1-7-11(2-3-19-7)18-12(15-16-17-18)8-4-9(13)6-10(14)5-8/h4-7,11H,2-3,13-14H2,1H3. The lowest BCUT2D eigenvalue weighted by atomic mass is 10.1. The number of hydrogen-bond donors (Lipinski definition) is 2. The van der Waals surface area contributed by atoms with Gasteiger partial charge >= 0.3 is 0 Å². The minimum absolute atomic E-state index is 0.0978. The van der Waals surface area contributed by atoms with Crippen molar-refractivity contribution < 1.29 is 4.74 Å². The highest BCUT2D eigenvalue weighted by atomic mass is 16.5. The van der Waals surface area contributed by atoms with Gasteiger partial charge in [-0.05, 0) is 42.0 Å². The van der Waals surface area contributed by atoms with Gasteiger partial charge in [-0.15, -0.1) is 5.10 Å². The number of rotatable bonds is 2. The first-order valence-corrected chi connectivity index (χ1v) is 6.21. The number of aromatic nitrogens is 4. The van der Waals surface area contributed by atoms with Crippen LogP contribution in [-0.4, -0.2) is 32.9 Å². The molecule has 1 aliphatic heterocycles. The highest BCUT2D eigenvalue weighted by Gasteiger charge is 2.29. The Morgan fingerprint density at radius 1 is 1.26 bits per heavy atom. The van der Waals surface area contributed by atoms with Gasteiger partial charge in [-0.2, -0.15) is 0 Å². The fourth-order valence-corrected chi connectivity index (χ4v) is 2.45. The van der Waals surface area contributed by atoms with Crippen molar-refractivity contribution in [2.75, 3.05) is 18.1 Å². The number of nitrogens with two attached hydrogens (primary N) is 2. The van der Waals surface area contributed by atoms with Crippen molar-refractivity contribution in [2.24, 2.45) is 0 Å². The maximum atomic E-state index is 5.81. The Bertz CT molecular complexity index is 575. The molecule has 19 heavy (non-hydrogen) atoms. The first-order valence-electron chi connectivity index (χ1n) is 6.21. The highest BCUT2D eigenvalue weighted by Crippen LogP contribution is 2.30. The van der Waals surface area contributed by atoms with Gasteiger partial charge in [-0.25, -0.2) is 4.68 Å². The Hall–Kier alpha value is -2.15. The first kappa shape index (κ1) is 11.9. The molecule has 3 rings (SSSR count). The third-order valence-electron chi connectivity index (χ3n) is 3.38. The SMILES string of the molecule is CC1OCCC1n1nnnc1-c1cc(N)cc(N)c1. The van der Waals surface area contributed by atoms with Crippen LogP contribution >= 0.6 is 0 Å². The van der Waals surface area contributed by atoms with Gasteiger partial charge in [-0.3, -0.25) is 0 Å². The molecule has 1 aromatic heterocycles. The van der Waals surface area contributed by atoms with E-state index in [0.717, 1.165) is 18.6 Å². The average molecular weight is 260 g/mol. The van der Waals surface area contributed by atoms with Crippen LogP contribution in [0, 0.1) is 0 Å². The summed E-state index contributed by atoms with van der Waals surface area (Å²) in [5.74, 6) is 0.668. The molecular weight excluding hydrogens is 244 g/mol. The molecule has 0 spiro atoms. The van der Waals surface area contributed by atoms with Gasteiger partial charge in [-0.1, -0.05) is 0 Å². The van der Waals surface area contributed by atoms with Crippen LogP contribution in [0.3, 0.4) is 0 Å². The smallest absolute Gasteiger partial charge is 0.182 e.